The minimum absolute atomic E-state index is 0.511. The van der Waals surface area contributed by atoms with E-state index in [1.54, 1.807) is 36.4 Å². The van der Waals surface area contributed by atoms with Gasteiger partial charge in [-0.3, -0.25) is 0 Å². The van der Waals surface area contributed by atoms with Crippen molar-refractivity contribution in [2.45, 2.75) is 18.9 Å². The lowest BCUT2D eigenvalue weighted by Crippen LogP contribution is -2.31. The number of hydrogen-bond acceptors (Lipinski definition) is 4. The van der Waals surface area contributed by atoms with Gasteiger partial charge < -0.3 is 19.8 Å². The van der Waals surface area contributed by atoms with Gasteiger partial charge in [-0.1, -0.05) is 41.9 Å². The molecule has 2 aromatic carbocycles. The van der Waals surface area contributed by atoms with Crippen molar-refractivity contribution in [3.8, 4) is 5.75 Å². The highest BCUT2D eigenvalue weighted by Crippen LogP contribution is 2.29. The summed E-state index contributed by atoms with van der Waals surface area (Å²) in [7, 11) is 1.59. The van der Waals surface area contributed by atoms with Gasteiger partial charge in [0.2, 0.25) is 0 Å². The van der Waals surface area contributed by atoms with Gasteiger partial charge >= 0.3 is 0 Å². The van der Waals surface area contributed by atoms with Crippen LogP contribution in [0.25, 0.3) is 0 Å². The molecule has 0 saturated heterocycles. The third kappa shape index (κ3) is 4.23. The zero-order valence-corrected chi connectivity index (χ0v) is 14.6. The predicted molar refractivity (Wildman–Crippen MR) is 98.2 cm³/mol. The van der Waals surface area contributed by atoms with Crippen molar-refractivity contribution in [2.75, 3.05) is 7.11 Å². The van der Waals surface area contributed by atoms with Crippen LogP contribution in [-0.4, -0.2) is 28.5 Å². The van der Waals surface area contributed by atoms with Crippen LogP contribution in [-0.2, 0) is 6.54 Å². The Morgan fingerprint density at radius 3 is 2.68 bits per heavy atom. The number of halogens is 1. The lowest BCUT2D eigenvalue weighted by atomic mass is 9.99. The maximum absolute atomic E-state index is 10.7. The minimum Gasteiger partial charge on any atom is -0.497 e. The molecule has 5 heteroatoms. The van der Waals surface area contributed by atoms with Gasteiger partial charge in [-0.15, -0.1) is 0 Å². The van der Waals surface area contributed by atoms with Gasteiger partial charge in [-0.25, -0.2) is 0 Å². The molecular weight excluding hydrogens is 338 g/mol. The van der Waals surface area contributed by atoms with Crippen LogP contribution in [0.3, 0.4) is 0 Å². The van der Waals surface area contributed by atoms with Gasteiger partial charge in [-0.05, 0) is 41.5 Å². The van der Waals surface area contributed by atoms with E-state index in [1.165, 1.54) is 0 Å². The van der Waals surface area contributed by atoms with E-state index in [4.69, 9.17) is 16.3 Å². The Hall–Kier alpha value is -2.27. The topological polar surface area (TPSA) is 52.9 Å². The van der Waals surface area contributed by atoms with Gasteiger partial charge in [0.25, 0.3) is 0 Å². The summed E-state index contributed by atoms with van der Waals surface area (Å²) in [6.45, 7) is 0.511. The fourth-order valence-electron chi connectivity index (χ4n) is 2.72. The van der Waals surface area contributed by atoms with E-state index in [9.17, 15) is 10.2 Å². The van der Waals surface area contributed by atoms with E-state index in [2.05, 4.69) is 0 Å². The predicted octanol–water partition coefficient (Wildman–Crippen LogP) is 3.66. The number of aliphatic hydroxyl groups excluding tert-OH is 2. The average molecular weight is 358 g/mol. The molecule has 0 aliphatic carbocycles. The molecule has 0 radical (unpaired) electrons. The molecule has 0 aromatic heterocycles. The first kappa shape index (κ1) is 17.5. The first-order valence-electron chi connectivity index (χ1n) is 7.97. The molecule has 130 valence electrons. The molecule has 3 rings (SSSR count). The van der Waals surface area contributed by atoms with Crippen LogP contribution in [0, 0.1) is 0 Å². The summed E-state index contributed by atoms with van der Waals surface area (Å²) in [4.78, 5) is 1.77. The molecule has 4 nitrogen and oxygen atoms in total. The van der Waals surface area contributed by atoms with Crippen molar-refractivity contribution < 1.29 is 14.9 Å². The van der Waals surface area contributed by atoms with Crippen molar-refractivity contribution in [1.82, 2.24) is 4.90 Å². The van der Waals surface area contributed by atoms with Crippen LogP contribution in [0.5, 0.6) is 5.75 Å². The standard InChI is InChI=1S/C20H20ClNO3/c1-25-18-4-2-3-15(11-18)20(24)16-7-10-19(23)22(13-16)12-14-5-8-17(21)9-6-14/h2-11,13,19-20,23-24H,12H2,1H3. The number of benzene rings is 2. The molecule has 2 unspecified atom stereocenters. The van der Waals surface area contributed by atoms with Crippen LogP contribution in [0.2, 0.25) is 5.02 Å². The molecule has 0 amide bonds. The van der Waals surface area contributed by atoms with Crippen LogP contribution < -0.4 is 4.74 Å². The molecule has 0 saturated carbocycles. The Kier molecular flexibility index (Phi) is 5.43. The second kappa shape index (κ2) is 7.74. The Morgan fingerprint density at radius 2 is 1.96 bits per heavy atom. The molecule has 0 fully saturated rings. The average Bonchev–Trinajstić information content (AvgIpc) is 2.65. The number of hydrogen-bond donors (Lipinski definition) is 2. The number of rotatable bonds is 5. The Bertz CT molecular complexity index is 786. The highest BCUT2D eigenvalue weighted by molar-refractivity contribution is 6.30. The van der Waals surface area contributed by atoms with Gasteiger partial charge in [-0.2, -0.15) is 0 Å². The van der Waals surface area contributed by atoms with E-state index in [0.717, 1.165) is 11.1 Å². The van der Waals surface area contributed by atoms with Gasteiger partial charge in [0, 0.05) is 23.3 Å². The second-order valence-electron chi connectivity index (χ2n) is 5.88. The molecule has 0 spiro atoms. The van der Waals surface area contributed by atoms with Crippen molar-refractivity contribution in [1.29, 1.82) is 0 Å². The van der Waals surface area contributed by atoms with Crippen molar-refractivity contribution in [3.63, 3.8) is 0 Å². The van der Waals surface area contributed by atoms with Gasteiger partial charge in [0.1, 0.15) is 18.1 Å². The maximum atomic E-state index is 10.7. The Labute approximate surface area is 152 Å². The maximum Gasteiger partial charge on any atom is 0.146 e. The monoisotopic (exact) mass is 357 g/mol. The molecule has 2 atom stereocenters. The third-order valence-electron chi connectivity index (χ3n) is 4.12. The van der Waals surface area contributed by atoms with Crippen molar-refractivity contribution in [2.24, 2.45) is 0 Å². The Balaban J connectivity index is 1.80. The zero-order valence-electron chi connectivity index (χ0n) is 13.8. The van der Waals surface area contributed by atoms with Crippen LogP contribution >= 0.6 is 11.6 Å². The third-order valence-corrected chi connectivity index (χ3v) is 4.37. The van der Waals surface area contributed by atoms with E-state index < -0.39 is 12.3 Å². The highest BCUT2D eigenvalue weighted by atomic mass is 35.5. The number of ether oxygens (including phenoxy) is 1. The van der Waals surface area contributed by atoms with E-state index in [0.29, 0.717) is 22.9 Å². The largest absolute Gasteiger partial charge is 0.497 e. The van der Waals surface area contributed by atoms with Crippen LogP contribution in [0.15, 0.2) is 72.5 Å². The van der Waals surface area contributed by atoms with Crippen molar-refractivity contribution >= 4 is 11.6 Å². The normalized spacial score (nSPS) is 18.0. The zero-order chi connectivity index (χ0) is 17.8. The summed E-state index contributed by atoms with van der Waals surface area (Å²) in [5, 5.41) is 21.5. The fraction of sp³-hybridized carbons (Fsp3) is 0.200. The van der Waals surface area contributed by atoms with E-state index >= 15 is 0 Å². The summed E-state index contributed by atoms with van der Waals surface area (Å²) in [6.07, 6.45) is 3.65. The Morgan fingerprint density at radius 1 is 1.20 bits per heavy atom. The SMILES string of the molecule is COc1cccc(C(O)C2=CN(Cc3ccc(Cl)cc3)C(O)C=C2)c1. The summed E-state index contributed by atoms with van der Waals surface area (Å²) < 4.78 is 5.21. The molecule has 25 heavy (non-hydrogen) atoms. The smallest absolute Gasteiger partial charge is 0.146 e. The molecule has 1 aliphatic rings. The summed E-state index contributed by atoms with van der Waals surface area (Å²) in [6, 6.07) is 14.8. The number of methoxy groups -OCH3 is 1. The van der Waals surface area contributed by atoms with Crippen LogP contribution in [0.1, 0.15) is 17.2 Å². The molecule has 2 N–H and O–H groups in total. The highest BCUT2D eigenvalue weighted by Gasteiger charge is 2.20. The molecule has 0 bridgehead atoms. The fourth-order valence-corrected chi connectivity index (χ4v) is 2.85. The lowest BCUT2D eigenvalue weighted by Gasteiger charge is -2.30. The number of aliphatic hydroxyl groups is 2. The molecule has 2 aromatic rings. The quantitative estimate of drug-likeness (QED) is 0.857. The molecular formula is C20H20ClNO3. The minimum atomic E-state index is -0.799. The van der Waals surface area contributed by atoms with E-state index in [1.807, 2.05) is 42.5 Å². The second-order valence-corrected chi connectivity index (χ2v) is 6.32. The summed E-state index contributed by atoms with van der Waals surface area (Å²) in [5.41, 5.74) is 2.45. The molecule has 1 heterocycles. The van der Waals surface area contributed by atoms with Crippen molar-refractivity contribution in [3.05, 3.63) is 88.6 Å². The van der Waals surface area contributed by atoms with Gasteiger partial charge in [0.05, 0.1) is 7.11 Å². The summed E-state index contributed by atoms with van der Waals surface area (Å²) in [5.74, 6) is 0.690. The first-order chi connectivity index (χ1) is 12.1. The summed E-state index contributed by atoms with van der Waals surface area (Å²) >= 11 is 5.91. The van der Waals surface area contributed by atoms with Crippen LogP contribution in [0.4, 0.5) is 0 Å². The lowest BCUT2D eigenvalue weighted by molar-refractivity contribution is 0.0686. The number of nitrogens with zero attached hydrogens (tertiary/aromatic N) is 1. The van der Waals surface area contributed by atoms with Gasteiger partial charge in [0.15, 0.2) is 0 Å². The first-order valence-corrected chi connectivity index (χ1v) is 8.35. The molecule has 1 aliphatic heterocycles. The van der Waals surface area contributed by atoms with E-state index in [-0.39, 0.29) is 0 Å².